The minimum atomic E-state index is 0.0562. The van der Waals surface area contributed by atoms with Crippen molar-refractivity contribution in [2.24, 2.45) is 0 Å². The zero-order valence-corrected chi connectivity index (χ0v) is 11.5. The van der Waals surface area contributed by atoms with Crippen LogP contribution >= 0.6 is 38.5 Å². The van der Waals surface area contributed by atoms with E-state index in [1.54, 1.807) is 0 Å². The molecule has 2 atom stereocenters. The molecule has 0 aromatic carbocycles. The fraction of sp³-hybridized carbons (Fsp3) is 0.444. The van der Waals surface area contributed by atoms with Crippen LogP contribution in [0.4, 0.5) is 0 Å². The third-order valence-electron chi connectivity index (χ3n) is 2.14. The Morgan fingerprint density at radius 3 is 2.71 bits per heavy atom. The standard InChI is InChI=1S/C9H9BrINO2/c1-4-5(2)14-8-6(13-4)3-7(11)12-9(8)10/h3-5H,1-2H3. The lowest BCUT2D eigenvalue weighted by Crippen LogP contribution is -2.35. The molecule has 1 aromatic heterocycles. The maximum Gasteiger partial charge on any atom is 0.194 e. The minimum absolute atomic E-state index is 0.0562. The first-order chi connectivity index (χ1) is 6.58. The third-order valence-corrected chi connectivity index (χ3v) is 3.23. The van der Waals surface area contributed by atoms with Gasteiger partial charge < -0.3 is 9.47 Å². The van der Waals surface area contributed by atoms with Crippen molar-refractivity contribution in [2.75, 3.05) is 0 Å². The van der Waals surface area contributed by atoms with Crippen LogP contribution in [0.1, 0.15) is 13.8 Å². The predicted molar refractivity (Wildman–Crippen MR) is 64.8 cm³/mol. The van der Waals surface area contributed by atoms with E-state index < -0.39 is 0 Å². The molecular weight excluding hydrogens is 361 g/mol. The summed E-state index contributed by atoms with van der Waals surface area (Å²) in [7, 11) is 0. The van der Waals surface area contributed by atoms with Crippen LogP contribution in [0.15, 0.2) is 10.7 Å². The number of rotatable bonds is 0. The maximum absolute atomic E-state index is 5.71. The second-order valence-electron chi connectivity index (χ2n) is 3.21. The predicted octanol–water partition coefficient (Wildman–Crippen LogP) is 3.00. The Kier molecular flexibility index (Phi) is 2.88. The monoisotopic (exact) mass is 369 g/mol. The molecule has 14 heavy (non-hydrogen) atoms. The van der Waals surface area contributed by atoms with Gasteiger partial charge >= 0.3 is 0 Å². The fourth-order valence-electron chi connectivity index (χ4n) is 1.22. The van der Waals surface area contributed by atoms with Crippen molar-refractivity contribution < 1.29 is 9.47 Å². The molecule has 0 radical (unpaired) electrons. The SMILES string of the molecule is CC1Oc2cc(I)nc(Br)c2OC1C. The molecule has 76 valence electrons. The highest BCUT2D eigenvalue weighted by Crippen LogP contribution is 2.39. The van der Waals surface area contributed by atoms with E-state index in [1.165, 1.54) is 0 Å². The molecule has 0 N–H and O–H groups in total. The summed E-state index contributed by atoms with van der Waals surface area (Å²) in [5, 5.41) is 0. The zero-order valence-electron chi connectivity index (χ0n) is 7.75. The lowest BCUT2D eigenvalue weighted by Gasteiger charge is -2.30. The van der Waals surface area contributed by atoms with E-state index in [-0.39, 0.29) is 12.2 Å². The van der Waals surface area contributed by atoms with Gasteiger partial charge in [-0.15, -0.1) is 0 Å². The molecule has 1 aliphatic rings. The van der Waals surface area contributed by atoms with E-state index in [2.05, 4.69) is 43.5 Å². The molecule has 0 bridgehead atoms. The topological polar surface area (TPSA) is 31.4 Å². The van der Waals surface area contributed by atoms with Gasteiger partial charge in [-0.1, -0.05) is 0 Å². The molecule has 0 fully saturated rings. The Balaban J connectivity index is 2.46. The molecule has 3 nitrogen and oxygen atoms in total. The lowest BCUT2D eigenvalue weighted by atomic mass is 10.2. The normalized spacial score (nSPS) is 24.9. The van der Waals surface area contributed by atoms with Gasteiger partial charge in [0.25, 0.3) is 0 Å². The zero-order chi connectivity index (χ0) is 10.3. The largest absolute Gasteiger partial charge is 0.483 e. The number of fused-ring (bicyclic) bond motifs is 1. The van der Waals surface area contributed by atoms with Crippen LogP contribution in [0.2, 0.25) is 0 Å². The molecule has 2 unspecified atom stereocenters. The Labute approximate surface area is 104 Å². The molecule has 1 aliphatic heterocycles. The van der Waals surface area contributed by atoms with E-state index >= 15 is 0 Å². The molecule has 2 heterocycles. The van der Waals surface area contributed by atoms with Crippen molar-refractivity contribution >= 4 is 38.5 Å². The van der Waals surface area contributed by atoms with Gasteiger partial charge in [-0.3, -0.25) is 0 Å². The second kappa shape index (κ2) is 3.84. The first-order valence-electron chi connectivity index (χ1n) is 4.27. The molecular formula is C9H9BrINO2. The van der Waals surface area contributed by atoms with E-state index in [0.717, 1.165) is 9.45 Å². The van der Waals surface area contributed by atoms with Crippen LogP contribution in [-0.4, -0.2) is 17.2 Å². The first kappa shape index (κ1) is 10.5. The fourth-order valence-corrected chi connectivity index (χ4v) is 2.56. The number of nitrogens with zero attached hydrogens (tertiary/aromatic N) is 1. The van der Waals surface area contributed by atoms with Crippen molar-refractivity contribution in [1.29, 1.82) is 0 Å². The van der Waals surface area contributed by atoms with Crippen molar-refractivity contribution in [3.8, 4) is 11.5 Å². The average molecular weight is 370 g/mol. The molecule has 2 rings (SSSR count). The van der Waals surface area contributed by atoms with E-state index in [4.69, 9.17) is 9.47 Å². The van der Waals surface area contributed by atoms with Crippen LogP contribution in [0.25, 0.3) is 0 Å². The summed E-state index contributed by atoms with van der Waals surface area (Å²) in [4.78, 5) is 4.24. The van der Waals surface area contributed by atoms with Crippen molar-refractivity contribution in [1.82, 2.24) is 4.98 Å². The summed E-state index contributed by atoms with van der Waals surface area (Å²) in [6, 6.07) is 1.88. The molecule has 0 saturated carbocycles. The molecule has 1 aromatic rings. The van der Waals surface area contributed by atoms with Crippen molar-refractivity contribution in [3.05, 3.63) is 14.4 Å². The Morgan fingerprint density at radius 1 is 1.36 bits per heavy atom. The molecule has 0 spiro atoms. The van der Waals surface area contributed by atoms with Crippen molar-refractivity contribution in [2.45, 2.75) is 26.1 Å². The second-order valence-corrected chi connectivity index (χ2v) is 5.07. The van der Waals surface area contributed by atoms with Crippen LogP contribution in [0.5, 0.6) is 11.5 Å². The van der Waals surface area contributed by atoms with Crippen LogP contribution in [-0.2, 0) is 0 Å². The quantitative estimate of drug-likeness (QED) is 0.520. The summed E-state index contributed by atoms with van der Waals surface area (Å²) < 4.78 is 13.0. The summed E-state index contributed by atoms with van der Waals surface area (Å²) in [6.07, 6.45) is 0.133. The number of hydrogen-bond acceptors (Lipinski definition) is 3. The third kappa shape index (κ3) is 1.84. The Bertz CT molecular complexity index is 372. The van der Waals surface area contributed by atoms with E-state index in [1.807, 2.05) is 19.9 Å². The highest BCUT2D eigenvalue weighted by atomic mass is 127. The number of ether oxygens (including phenoxy) is 2. The van der Waals surface area contributed by atoms with Crippen molar-refractivity contribution in [3.63, 3.8) is 0 Å². The van der Waals surface area contributed by atoms with Crippen LogP contribution < -0.4 is 9.47 Å². The Hall–Kier alpha value is -0.0400. The number of pyridine rings is 1. The minimum Gasteiger partial charge on any atom is -0.483 e. The van der Waals surface area contributed by atoms with Gasteiger partial charge in [-0.25, -0.2) is 4.98 Å². The Morgan fingerprint density at radius 2 is 2.00 bits per heavy atom. The number of aromatic nitrogens is 1. The molecule has 0 amide bonds. The van der Waals surface area contributed by atoms with E-state index in [0.29, 0.717) is 10.4 Å². The van der Waals surface area contributed by atoms with Gasteiger partial charge in [-0.2, -0.15) is 0 Å². The first-order valence-corrected chi connectivity index (χ1v) is 6.14. The van der Waals surface area contributed by atoms with Gasteiger partial charge in [0.05, 0.1) is 0 Å². The van der Waals surface area contributed by atoms with Gasteiger partial charge in [0.15, 0.2) is 16.1 Å². The summed E-state index contributed by atoms with van der Waals surface area (Å²) >= 11 is 5.51. The van der Waals surface area contributed by atoms with Gasteiger partial charge in [-0.05, 0) is 52.4 Å². The lowest BCUT2D eigenvalue weighted by molar-refractivity contribution is 0.0414. The number of halogens is 2. The summed E-state index contributed by atoms with van der Waals surface area (Å²) in [6.45, 7) is 3.98. The summed E-state index contributed by atoms with van der Waals surface area (Å²) in [5.41, 5.74) is 0. The maximum atomic E-state index is 5.71. The van der Waals surface area contributed by atoms with Crippen LogP contribution in [0.3, 0.4) is 0 Å². The molecule has 0 saturated heterocycles. The smallest absolute Gasteiger partial charge is 0.194 e. The highest BCUT2D eigenvalue weighted by molar-refractivity contribution is 14.1. The van der Waals surface area contributed by atoms with Crippen LogP contribution in [0, 0.1) is 3.70 Å². The van der Waals surface area contributed by atoms with E-state index in [9.17, 15) is 0 Å². The average Bonchev–Trinajstić information content (AvgIpc) is 2.08. The summed E-state index contributed by atoms with van der Waals surface area (Å²) in [5.74, 6) is 1.47. The van der Waals surface area contributed by atoms with Gasteiger partial charge in [0, 0.05) is 6.07 Å². The molecule has 5 heteroatoms. The van der Waals surface area contributed by atoms with Gasteiger partial charge in [0.2, 0.25) is 0 Å². The van der Waals surface area contributed by atoms with Gasteiger partial charge in [0.1, 0.15) is 15.9 Å². The molecule has 0 aliphatic carbocycles. The number of hydrogen-bond donors (Lipinski definition) is 0. The highest BCUT2D eigenvalue weighted by Gasteiger charge is 2.27.